The molecule has 2 N–H and O–H groups in total. The van der Waals surface area contributed by atoms with E-state index in [0.717, 1.165) is 6.42 Å². The van der Waals surface area contributed by atoms with E-state index in [1.165, 1.54) is 0 Å². The first-order chi connectivity index (χ1) is 6.45. The number of nitrogens with one attached hydrogen (secondary N) is 1. The zero-order chi connectivity index (χ0) is 11.1. The molecule has 0 aromatic heterocycles. The highest BCUT2D eigenvalue weighted by Gasteiger charge is 2.12. The Kier molecular flexibility index (Phi) is 6.11. The van der Waals surface area contributed by atoms with E-state index in [0.29, 0.717) is 0 Å². The summed E-state index contributed by atoms with van der Waals surface area (Å²) in [6, 6.07) is 0.0318. The van der Waals surface area contributed by atoms with Crippen LogP contribution in [0.2, 0.25) is 0 Å². The Hall–Kier alpha value is -0.910. The molecule has 6 heteroatoms. The maximum Gasteiger partial charge on any atom is 0.316 e. The van der Waals surface area contributed by atoms with Gasteiger partial charge in [0.25, 0.3) is 0 Å². The Morgan fingerprint density at radius 2 is 2.00 bits per heavy atom. The summed E-state index contributed by atoms with van der Waals surface area (Å²) in [5, 5.41) is 10.9. The van der Waals surface area contributed by atoms with Crippen LogP contribution in [0.15, 0.2) is 0 Å². The molecule has 14 heavy (non-hydrogen) atoms. The van der Waals surface area contributed by atoms with Crippen LogP contribution >= 0.6 is 0 Å². The fraction of sp³-hybridized carbons (Fsp3) is 0.750. The number of hydrogen-bond acceptors (Lipinski definition) is 3. The van der Waals surface area contributed by atoms with E-state index in [2.05, 4.69) is 5.32 Å². The molecule has 0 bridgehead atoms. The van der Waals surface area contributed by atoms with E-state index in [1.807, 2.05) is 13.8 Å². The van der Waals surface area contributed by atoms with Gasteiger partial charge in [0, 0.05) is 16.8 Å². The molecule has 5 nitrogen and oxygen atoms in total. The van der Waals surface area contributed by atoms with Crippen LogP contribution in [0.1, 0.15) is 20.3 Å². The average molecular weight is 221 g/mol. The molecule has 0 aliphatic carbocycles. The Bertz CT molecular complexity index is 241. The molecule has 0 radical (unpaired) electrons. The van der Waals surface area contributed by atoms with Crippen LogP contribution in [-0.4, -0.2) is 38.7 Å². The van der Waals surface area contributed by atoms with Gasteiger partial charge >= 0.3 is 5.97 Å². The number of carboxylic acids is 1. The maximum absolute atomic E-state index is 11.1. The van der Waals surface area contributed by atoms with Crippen molar-refractivity contribution in [3.63, 3.8) is 0 Å². The molecule has 0 aliphatic heterocycles. The van der Waals surface area contributed by atoms with Crippen LogP contribution in [0.3, 0.4) is 0 Å². The highest BCUT2D eigenvalue weighted by molar-refractivity contribution is 7.86. The van der Waals surface area contributed by atoms with E-state index in [9.17, 15) is 13.8 Å². The molecule has 0 aromatic rings. The summed E-state index contributed by atoms with van der Waals surface area (Å²) in [7, 11) is -1.61. The van der Waals surface area contributed by atoms with E-state index >= 15 is 0 Å². The lowest BCUT2D eigenvalue weighted by Gasteiger charge is -2.10. The van der Waals surface area contributed by atoms with Crippen LogP contribution in [0.4, 0.5) is 0 Å². The van der Waals surface area contributed by atoms with Crippen molar-refractivity contribution in [2.45, 2.75) is 26.3 Å². The second-order valence-electron chi connectivity index (χ2n) is 3.00. The molecule has 0 heterocycles. The maximum atomic E-state index is 11.1. The molecule has 2 unspecified atom stereocenters. The summed E-state index contributed by atoms with van der Waals surface area (Å²) in [5.74, 6) is -2.23. The minimum Gasteiger partial charge on any atom is -0.481 e. The van der Waals surface area contributed by atoms with Crippen molar-refractivity contribution in [1.29, 1.82) is 0 Å². The van der Waals surface area contributed by atoms with Gasteiger partial charge in [-0.15, -0.1) is 0 Å². The van der Waals surface area contributed by atoms with Gasteiger partial charge in [-0.05, 0) is 13.3 Å². The van der Waals surface area contributed by atoms with Gasteiger partial charge in [0.05, 0.1) is 0 Å². The molecule has 0 aliphatic rings. The number of carboxylic acid groups (broad SMARTS) is 1. The lowest BCUT2D eigenvalue weighted by atomic mass is 10.3. The molecule has 1 amide bonds. The summed E-state index contributed by atoms with van der Waals surface area (Å²) in [6.07, 6.45) is 0.789. The predicted octanol–water partition coefficient (Wildman–Crippen LogP) is -0.266. The summed E-state index contributed by atoms with van der Waals surface area (Å²) >= 11 is 0. The fourth-order valence-corrected chi connectivity index (χ4v) is 1.51. The Morgan fingerprint density at radius 1 is 1.43 bits per heavy atom. The highest BCUT2D eigenvalue weighted by Crippen LogP contribution is 1.89. The van der Waals surface area contributed by atoms with Gasteiger partial charge in [0.15, 0.2) is 0 Å². The largest absolute Gasteiger partial charge is 0.481 e. The van der Waals surface area contributed by atoms with Crippen LogP contribution in [0.5, 0.6) is 0 Å². The summed E-state index contributed by atoms with van der Waals surface area (Å²) in [5.41, 5.74) is 0. The van der Waals surface area contributed by atoms with E-state index in [-0.39, 0.29) is 17.7 Å². The third-order valence-electron chi connectivity index (χ3n) is 1.60. The average Bonchev–Trinajstić information content (AvgIpc) is 2.01. The standard InChI is InChI=1S/C8H15NO4S/c1-3-6(2)9-7(10)4-14(13)5-8(11)12/h6H,3-5H2,1-2H3,(H,9,10)(H,11,12). The topological polar surface area (TPSA) is 83.5 Å². The number of hydrogen-bond donors (Lipinski definition) is 2. The van der Waals surface area contributed by atoms with Crippen molar-refractivity contribution in [3.05, 3.63) is 0 Å². The molecule has 0 rings (SSSR count). The number of rotatable bonds is 6. The molecule has 2 atom stereocenters. The van der Waals surface area contributed by atoms with Crippen LogP contribution < -0.4 is 5.32 Å². The molecule has 0 saturated heterocycles. The number of carbonyl (C=O) groups excluding carboxylic acids is 1. The molecule has 82 valence electrons. The molecular weight excluding hydrogens is 206 g/mol. The van der Waals surface area contributed by atoms with Crippen molar-refractivity contribution in [1.82, 2.24) is 5.32 Å². The minimum absolute atomic E-state index is 0.0318. The zero-order valence-electron chi connectivity index (χ0n) is 8.28. The van der Waals surface area contributed by atoms with Crippen molar-refractivity contribution >= 4 is 22.7 Å². The molecule has 0 fully saturated rings. The SMILES string of the molecule is CCC(C)NC(=O)CS(=O)CC(=O)O. The van der Waals surface area contributed by atoms with Crippen molar-refractivity contribution in [2.24, 2.45) is 0 Å². The summed E-state index contributed by atoms with van der Waals surface area (Å²) in [6.45, 7) is 3.75. The van der Waals surface area contributed by atoms with E-state index in [4.69, 9.17) is 5.11 Å². The smallest absolute Gasteiger partial charge is 0.316 e. The predicted molar refractivity (Wildman–Crippen MR) is 53.4 cm³/mol. The number of amides is 1. The minimum atomic E-state index is -1.61. The summed E-state index contributed by atoms with van der Waals surface area (Å²) in [4.78, 5) is 21.3. The van der Waals surface area contributed by atoms with Crippen LogP contribution in [-0.2, 0) is 20.4 Å². The van der Waals surface area contributed by atoms with Crippen molar-refractivity contribution in [2.75, 3.05) is 11.5 Å². The fourth-order valence-electron chi connectivity index (χ4n) is 0.754. The first-order valence-corrected chi connectivity index (χ1v) is 5.80. The third kappa shape index (κ3) is 6.59. The highest BCUT2D eigenvalue weighted by atomic mass is 32.2. The Labute approximate surface area is 85.3 Å². The molecular formula is C8H15NO4S. The molecule has 0 saturated carbocycles. The van der Waals surface area contributed by atoms with Crippen LogP contribution in [0, 0.1) is 0 Å². The van der Waals surface area contributed by atoms with Gasteiger partial charge in [-0.2, -0.15) is 0 Å². The summed E-state index contributed by atoms with van der Waals surface area (Å²) < 4.78 is 11.0. The second-order valence-corrected chi connectivity index (χ2v) is 4.46. The molecule has 0 aromatic carbocycles. The van der Waals surface area contributed by atoms with Gasteiger partial charge in [-0.25, -0.2) is 0 Å². The first kappa shape index (κ1) is 13.1. The Balaban J connectivity index is 3.82. The quantitative estimate of drug-likeness (QED) is 0.647. The van der Waals surface area contributed by atoms with Gasteiger partial charge in [0.2, 0.25) is 5.91 Å². The Morgan fingerprint density at radius 3 is 2.43 bits per heavy atom. The van der Waals surface area contributed by atoms with Gasteiger partial charge < -0.3 is 10.4 Å². The van der Waals surface area contributed by atoms with E-state index < -0.39 is 22.5 Å². The lowest BCUT2D eigenvalue weighted by Crippen LogP contribution is -2.36. The van der Waals surface area contributed by atoms with Gasteiger partial charge in [0.1, 0.15) is 11.5 Å². The monoisotopic (exact) mass is 221 g/mol. The second kappa shape index (κ2) is 6.53. The number of carbonyl (C=O) groups is 2. The van der Waals surface area contributed by atoms with Gasteiger partial charge in [-0.1, -0.05) is 6.92 Å². The van der Waals surface area contributed by atoms with Crippen LogP contribution in [0.25, 0.3) is 0 Å². The van der Waals surface area contributed by atoms with E-state index in [1.54, 1.807) is 0 Å². The molecule has 0 spiro atoms. The zero-order valence-corrected chi connectivity index (χ0v) is 9.10. The number of aliphatic carboxylic acids is 1. The first-order valence-electron chi connectivity index (χ1n) is 4.31. The van der Waals surface area contributed by atoms with Crippen molar-refractivity contribution < 1.29 is 18.9 Å². The lowest BCUT2D eigenvalue weighted by molar-refractivity contribution is -0.133. The van der Waals surface area contributed by atoms with Gasteiger partial charge in [-0.3, -0.25) is 13.8 Å². The van der Waals surface area contributed by atoms with Crippen molar-refractivity contribution in [3.8, 4) is 0 Å². The third-order valence-corrected chi connectivity index (χ3v) is 2.75. The normalized spacial score (nSPS) is 14.4.